The Bertz CT molecular complexity index is 554. The van der Waals surface area contributed by atoms with Crippen molar-refractivity contribution in [2.24, 2.45) is 0 Å². The molecular formula is C10H11N3O3. The molecule has 6 heteroatoms. The zero-order valence-corrected chi connectivity index (χ0v) is 8.53. The molecule has 1 saturated heterocycles. The van der Waals surface area contributed by atoms with Crippen LogP contribution in [0.1, 0.15) is 6.42 Å². The van der Waals surface area contributed by atoms with Gasteiger partial charge in [0, 0.05) is 12.5 Å². The van der Waals surface area contributed by atoms with Crippen molar-refractivity contribution in [2.75, 3.05) is 13.2 Å². The summed E-state index contributed by atoms with van der Waals surface area (Å²) in [6.07, 6.45) is 2.58. The van der Waals surface area contributed by atoms with E-state index in [0.29, 0.717) is 23.5 Å². The second kappa shape index (κ2) is 3.64. The quantitative estimate of drug-likeness (QED) is 0.770. The van der Waals surface area contributed by atoms with Gasteiger partial charge in [-0.25, -0.2) is 9.78 Å². The highest BCUT2D eigenvalue weighted by atomic mass is 16.5. The molecule has 1 aliphatic rings. The molecule has 0 bridgehead atoms. The molecule has 2 N–H and O–H groups in total. The number of nitrogens with zero attached hydrogens (tertiary/aromatic N) is 1. The number of rotatable bonds is 2. The van der Waals surface area contributed by atoms with Crippen molar-refractivity contribution in [3.8, 4) is 5.75 Å². The SMILES string of the molecule is O=c1[nH]c2cc(OC3CCOC3)cnc2[nH]1. The summed E-state index contributed by atoms with van der Waals surface area (Å²) in [7, 11) is 0. The third-order valence-electron chi connectivity index (χ3n) is 2.53. The normalized spacial score (nSPS) is 20.4. The number of H-pyrrole nitrogens is 2. The van der Waals surface area contributed by atoms with Crippen molar-refractivity contribution in [2.45, 2.75) is 12.5 Å². The van der Waals surface area contributed by atoms with Gasteiger partial charge in [-0.2, -0.15) is 0 Å². The molecule has 1 unspecified atom stereocenters. The van der Waals surface area contributed by atoms with E-state index in [1.165, 1.54) is 0 Å². The molecule has 0 aliphatic carbocycles. The van der Waals surface area contributed by atoms with E-state index in [0.717, 1.165) is 13.0 Å². The van der Waals surface area contributed by atoms with Gasteiger partial charge in [0.2, 0.25) is 0 Å². The van der Waals surface area contributed by atoms with Gasteiger partial charge in [0.1, 0.15) is 11.9 Å². The predicted octanol–water partition coefficient (Wildman–Crippen LogP) is 0.419. The van der Waals surface area contributed by atoms with Gasteiger partial charge in [0.05, 0.1) is 24.9 Å². The van der Waals surface area contributed by atoms with Gasteiger partial charge >= 0.3 is 5.69 Å². The van der Waals surface area contributed by atoms with Crippen LogP contribution in [0.15, 0.2) is 17.1 Å². The van der Waals surface area contributed by atoms with Crippen LogP contribution in [0.2, 0.25) is 0 Å². The van der Waals surface area contributed by atoms with Gasteiger partial charge < -0.3 is 14.5 Å². The van der Waals surface area contributed by atoms with E-state index < -0.39 is 0 Å². The summed E-state index contributed by atoms with van der Waals surface area (Å²) < 4.78 is 10.9. The van der Waals surface area contributed by atoms with Crippen molar-refractivity contribution in [3.05, 3.63) is 22.7 Å². The average molecular weight is 221 g/mol. The van der Waals surface area contributed by atoms with E-state index in [-0.39, 0.29) is 11.8 Å². The van der Waals surface area contributed by atoms with Crippen molar-refractivity contribution >= 4 is 11.2 Å². The van der Waals surface area contributed by atoms with Crippen LogP contribution in [-0.4, -0.2) is 34.3 Å². The number of pyridine rings is 1. The van der Waals surface area contributed by atoms with Crippen molar-refractivity contribution in [1.29, 1.82) is 0 Å². The lowest BCUT2D eigenvalue weighted by Crippen LogP contribution is -2.15. The van der Waals surface area contributed by atoms with E-state index in [1.807, 2.05) is 0 Å². The van der Waals surface area contributed by atoms with Crippen LogP contribution >= 0.6 is 0 Å². The fourth-order valence-corrected chi connectivity index (χ4v) is 1.76. The summed E-state index contributed by atoms with van der Waals surface area (Å²) in [5.41, 5.74) is 0.935. The summed E-state index contributed by atoms with van der Waals surface area (Å²) in [6, 6.07) is 1.76. The molecule has 0 spiro atoms. The maximum atomic E-state index is 11.0. The van der Waals surface area contributed by atoms with Crippen LogP contribution in [-0.2, 0) is 4.74 Å². The molecule has 1 aliphatic heterocycles. The van der Waals surface area contributed by atoms with Gasteiger partial charge in [0.25, 0.3) is 0 Å². The number of ether oxygens (including phenoxy) is 2. The largest absolute Gasteiger partial charge is 0.486 e. The maximum absolute atomic E-state index is 11.0. The standard InChI is InChI=1S/C10H11N3O3/c14-10-12-8-3-7(4-11-9(8)13-10)16-6-1-2-15-5-6/h3-4,6H,1-2,5H2,(H2,11,12,13,14). The Labute approximate surface area is 90.6 Å². The molecular weight excluding hydrogens is 210 g/mol. The highest BCUT2D eigenvalue weighted by molar-refractivity contribution is 5.70. The van der Waals surface area contributed by atoms with E-state index >= 15 is 0 Å². The third-order valence-corrected chi connectivity index (χ3v) is 2.53. The number of hydrogen-bond acceptors (Lipinski definition) is 4. The van der Waals surface area contributed by atoms with E-state index in [1.54, 1.807) is 12.3 Å². The number of hydrogen-bond donors (Lipinski definition) is 2. The first kappa shape index (κ1) is 9.41. The molecule has 0 saturated carbocycles. The van der Waals surface area contributed by atoms with E-state index in [4.69, 9.17) is 9.47 Å². The highest BCUT2D eigenvalue weighted by Crippen LogP contribution is 2.18. The molecule has 1 fully saturated rings. The monoisotopic (exact) mass is 221 g/mol. The fourth-order valence-electron chi connectivity index (χ4n) is 1.76. The molecule has 1 atom stereocenters. The molecule has 84 valence electrons. The number of aromatic amines is 2. The molecule has 3 rings (SSSR count). The number of nitrogens with one attached hydrogen (secondary N) is 2. The van der Waals surface area contributed by atoms with Gasteiger partial charge in [-0.15, -0.1) is 0 Å². The minimum absolute atomic E-state index is 0.0879. The molecule has 2 aromatic rings. The first-order valence-electron chi connectivity index (χ1n) is 5.14. The summed E-state index contributed by atoms with van der Waals surface area (Å²) >= 11 is 0. The second-order valence-corrected chi connectivity index (χ2v) is 3.75. The van der Waals surface area contributed by atoms with Crippen LogP contribution in [0.5, 0.6) is 5.75 Å². The first-order chi connectivity index (χ1) is 7.81. The fraction of sp³-hybridized carbons (Fsp3) is 0.400. The van der Waals surface area contributed by atoms with Gasteiger partial charge in [-0.1, -0.05) is 0 Å². The highest BCUT2D eigenvalue weighted by Gasteiger charge is 2.17. The topological polar surface area (TPSA) is 80.0 Å². The Hall–Kier alpha value is -1.82. The summed E-state index contributed by atoms with van der Waals surface area (Å²) in [5.74, 6) is 0.651. The van der Waals surface area contributed by atoms with Crippen LogP contribution in [0, 0.1) is 0 Å². The lowest BCUT2D eigenvalue weighted by atomic mass is 10.3. The third kappa shape index (κ3) is 1.67. The molecule has 0 radical (unpaired) electrons. The van der Waals surface area contributed by atoms with Crippen molar-refractivity contribution in [1.82, 2.24) is 15.0 Å². The van der Waals surface area contributed by atoms with Crippen LogP contribution in [0.3, 0.4) is 0 Å². The maximum Gasteiger partial charge on any atom is 0.325 e. The van der Waals surface area contributed by atoms with E-state index in [2.05, 4.69) is 15.0 Å². The Morgan fingerprint density at radius 3 is 3.25 bits per heavy atom. The smallest absolute Gasteiger partial charge is 0.325 e. The van der Waals surface area contributed by atoms with Crippen molar-refractivity contribution in [3.63, 3.8) is 0 Å². The first-order valence-corrected chi connectivity index (χ1v) is 5.14. The zero-order chi connectivity index (χ0) is 11.0. The molecule has 2 aromatic heterocycles. The van der Waals surface area contributed by atoms with Gasteiger partial charge in [0.15, 0.2) is 5.65 Å². The Morgan fingerprint density at radius 1 is 1.50 bits per heavy atom. The second-order valence-electron chi connectivity index (χ2n) is 3.75. The van der Waals surface area contributed by atoms with Crippen LogP contribution < -0.4 is 10.4 Å². The summed E-state index contributed by atoms with van der Waals surface area (Å²) in [4.78, 5) is 20.3. The lowest BCUT2D eigenvalue weighted by molar-refractivity contribution is 0.141. The lowest BCUT2D eigenvalue weighted by Gasteiger charge is -2.10. The summed E-state index contributed by atoms with van der Waals surface area (Å²) in [5, 5.41) is 0. The minimum Gasteiger partial charge on any atom is -0.486 e. The van der Waals surface area contributed by atoms with E-state index in [9.17, 15) is 4.79 Å². The molecule has 0 aromatic carbocycles. The van der Waals surface area contributed by atoms with Gasteiger partial charge in [-0.3, -0.25) is 4.98 Å². The predicted molar refractivity (Wildman–Crippen MR) is 56.6 cm³/mol. The molecule has 16 heavy (non-hydrogen) atoms. The average Bonchev–Trinajstić information content (AvgIpc) is 2.85. The number of imidazole rings is 1. The van der Waals surface area contributed by atoms with Crippen molar-refractivity contribution < 1.29 is 9.47 Å². The number of fused-ring (bicyclic) bond motifs is 1. The van der Waals surface area contributed by atoms with Crippen LogP contribution in [0.4, 0.5) is 0 Å². The number of aromatic nitrogens is 3. The summed E-state index contributed by atoms with van der Waals surface area (Å²) in [6.45, 7) is 1.35. The van der Waals surface area contributed by atoms with Gasteiger partial charge in [-0.05, 0) is 0 Å². The molecule has 0 amide bonds. The molecule has 3 heterocycles. The Balaban J connectivity index is 1.89. The zero-order valence-electron chi connectivity index (χ0n) is 8.53. The molecule has 6 nitrogen and oxygen atoms in total. The Morgan fingerprint density at radius 2 is 2.44 bits per heavy atom. The minimum atomic E-state index is -0.260. The van der Waals surface area contributed by atoms with Crippen LogP contribution in [0.25, 0.3) is 11.2 Å². The Kier molecular flexibility index (Phi) is 2.14.